The normalized spacial score (nSPS) is 15.3. The summed E-state index contributed by atoms with van der Waals surface area (Å²) in [6.07, 6.45) is 2.13. The molecule has 0 aliphatic heterocycles. The van der Waals surface area contributed by atoms with Crippen molar-refractivity contribution in [2.75, 3.05) is 4.90 Å². The Kier molecular flexibility index (Phi) is 9.99. The van der Waals surface area contributed by atoms with E-state index in [4.69, 9.17) is 0 Å². The Hall–Kier alpha value is -8.78. The summed E-state index contributed by atoms with van der Waals surface area (Å²) in [4.78, 5) is 2.47. The van der Waals surface area contributed by atoms with Gasteiger partial charge in [-0.15, -0.1) is 0 Å². The van der Waals surface area contributed by atoms with Crippen molar-refractivity contribution in [3.8, 4) is 77.9 Å². The van der Waals surface area contributed by atoms with E-state index in [-0.39, 0.29) is 10.8 Å². The lowest BCUT2D eigenvalue weighted by atomic mass is 9.73. The molecule has 73 heavy (non-hydrogen) atoms. The topological polar surface area (TPSA) is 3.24 Å². The van der Waals surface area contributed by atoms with Gasteiger partial charge in [0.25, 0.3) is 0 Å². The van der Waals surface area contributed by atoms with E-state index >= 15 is 0 Å². The van der Waals surface area contributed by atoms with Gasteiger partial charge in [0.2, 0.25) is 0 Å². The van der Waals surface area contributed by atoms with E-state index in [1.807, 2.05) is 0 Å². The Morgan fingerprint density at radius 1 is 0.288 bits per heavy atom. The van der Waals surface area contributed by atoms with Crippen LogP contribution in [0.5, 0.6) is 0 Å². The van der Waals surface area contributed by atoms with Crippen LogP contribution >= 0.6 is 0 Å². The molecule has 1 heteroatoms. The standard InChI is InChI=1S/C72H53N/c1-71(2)67-29-14-11-25-62(67)65-27-16-26-64(70(65)71)60-23-10-9-22-59(60)52-37-41-55(42-38-52)73(56-43-44-63-61-24-12-15-30-68(61)72(69(63)47-56)46-45-53-19-6-13-28-66(53)72)54-39-35-51(36-40-54)58-21-8-7-20-57(58)50-33-31-49(32-34-50)48-17-4-3-5-18-48/h3-44,47H,45-46H2,1-2H3. The Morgan fingerprint density at radius 2 is 0.699 bits per heavy atom. The maximum absolute atomic E-state index is 2.51. The first-order chi connectivity index (χ1) is 36.0. The number of hydrogen-bond acceptors (Lipinski definition) is 1. The minimum atomic E-state index is -0.196. The van der Waals surface area contributed by atoms with E-state index < -0.39 is 0 Å². The Labute approximate surface area is 429 Å². The molecule has 0 amide bonds. The van der Waals surface area contributed by atoms with Crippen molar-refractivity contribution < 1.29 is 0 Å². The zero-order valence-corrected chi connectivity index (χ0v) is 41.2. The number of nitrogens with zero attached hydrogens (tertiary/aromatic N) is 1. The van der Waals surface area contributed by atoms with Crippen LogP contribution in [0.2, 0.25) is 0 Å². The molecule has 0 aromatic heterocycles. The molecule has 1 spiro atoms. The fourth-order valence-electron chi connectivity index (χ4n) is 13.2. The van der Waals surface area contributed by atoms with Crippen molar-refractivity contribution >= 4 is 17.1 Å². The van der Waals surface area contributed by atoms with E-state index in [1.54, 1.807) is 0 Å². The summed E-state index contributed by atoms with van der Waals surface area (Å²) in [7, 11) is 0. The number of fused-ring (bicyclic) bond motifs is 10. The fraction of sp³-hybridized carbons (Fsp3) is 0.0833. The molecule has 1 atom stereocenters. The summed E-state index contributed by atoms with van der Waals surface area (Å²) in [5, 5.41) is 0. The summed E-state index contributed by atoms with van der Waals surface area (Å²) >= 11 is 0. The summed E-state index contributed by atoms with van der Waals surface area (Å²) in [5.41, 5.74) is 29.2. The molecule has 0 saturated carbocycles. The van der Waals surface area contributed by atoms with Gasteiger partial charge in [-0.25, -0.2) is 0 Å². The van der Waals surface area contributed by atoms with E-state index in [9.17, 15) is 0 Å². The predicted molar refractivity (Wildman–Crippen MR) is 306 cm³/mol. The van der Waals surface area contributed by atoms with Gasteiger partial charge in [0.15, 0.2) is 0 Å². The first-order valence-electron chi connectivity index (χ1n) is 25.9. The highest BCUT2D eigenvalue weighted by Gasteiger charge is 2.48. The van der Waals surface area contributed by atoms with E-state index in [1.165, 1.54) is 111 Å². The van der Waals surface area contributed by atoms with Gasteiger partial charge < -0.3 is 4.90 Å². The molecule has 11 aromatic carbocycles. The zero-order valence-electron chi connectivity index (χ0n) is 41.2. The third kappa shape index (κ3) is 6.76. The van der Waals surface area contributed by atoms with Crippen LogP contribution < -0.4 is 4.90 Å². The molecule has 0 radical (unpaired) electrons. The van der Waals surface area contributed by atoms with Crippen LogP contribution in [0.3, 0.4) is 0 Å². The molecule has 11 aromatic rings. The second-order valence-electron chi connectivity index (χ2n) is 20.7. The highest BCUT2D eigenvalue weighted by Crippen LogP contribution is 2.59. The second kappa shape index (κ2) is 16.9. The van der Waals surface area contributed by atoms with Gasteiger partial charge in [0, 0.05) is 27.9 Å². The van der Waals surface area contributed by atoms with Gasteiger partial charge in [-0.1, -0.05) is 238 Å². The summed E-state index contributed by atoms with van der Waals surface area (Å²) in [5.74, 6) is 0. The predicted octanol–water partition coefficient (Wildman–Crippen LogP) is 19.1. The lowest BCUT2D eigenvalue weighted by Crippen LogP contribution is -2.24. The lowest BCUT2D eigenvalue weighted by Gasteiger charge is -2.31. The number of aryl methyl sites for hydroxylation is 1. The van der Waals surface area contributed by atoms with Crippen LogP contribution in [0.1, 0.15) is 53.6 Å². The van der Waals surface area contributed by atoms with E-state index in [0.717, 1.165) is 29.9 Å². The molecule has 1 unspecified atom stereocenters. The summed E-state index contributed by atoms with van der Waals surface area (Å²) < 4.78 is 0. The van der Waals surface area contributed by atoms with Crippen molar-refractivity contribution in [1.82, 2.24) is 0 Å². The van der Waals surface area contributed by atoms with Gasteiger partial charge in [0.1, 0.15) is 0 Å². The average Bonchev–Trinajstić information content (AvgIpc) is 4.08. The molecule has 14 rings (SSSR count). The fourth-order valence-corrected chi connectivity index (χ4v) is 13.2. The van der Waals surface area contributed by atoms with Gasteiger partial charge in [-0.3, -0.25) is 0 Å². The maximum atomic E-state index is 2.51. The first kappa shape index (κ1) is 43.0. The Bertz CT molecular complexity index is 3920. The first-order valence-corrected chi connectivity index (χ1v) is 25.9. The molecule has 0 N–H and O–H groups in total. The third-order valence-electron chi connectivity index (χ3n) is 16.5. The molecule has 0 saturated heterocycles. The second-order valence-corrected chi connectivity index (χ2v) is 20.7. The highest BCUT2D eigenvalue weighted by molar-refractivity contribution is 5.94. The SMILES string of the molecule is CC1(C)c2ccccc2-c2cccc(-c3ccccc3-c3ccc(N(c4ccc(-c5ccccc5-c5ccc(-c6ccccc6)cc5)cc4)c4ccc5c(c4)C4(CCc6ccccc64)c4ccccc4-5)cc3)c21. The monoisotopic (exact) mass is 931 g/mol. The Morgan fingerprint density at radius 3 is 1.33 bits per heavy atom. The minimum absolute atomic E-state index is 0.123. The zero-order chi connectivity index (χ0) is 48.7. The smallest absolute Gasteiger partial charge is 0.0470 e. The molecule has 0 bridgehead atoms. The largest absolute Gasteiger partial charge is 0.310 e. The van der Waals surface area contributed by atoms with Crippen molar-refractivity contribution in [3.05, 3.63) is 294 Å². The van der Waals surface area contributed by atoms with Crippen molar-refractivity contribution in [2.45, 2.75) is 37.5 Å². The molecule has 3 aliphatic rings. The van der Waals surface area contributed by atoms with Crippen molar-refractivity contribution in [2.24, 2.45) is 0 Å². The molecule has 1 nitrogen and oxygen atoms in total. The van der Waals surface area contributed by atoms with Crippen molar-refractivity contribution in [1.29, 1.82) is 0 Å². The maximum Gasteiger partial charge on any atom is 0.0470 e. The van der Waals surface area contributed by atoms with Crippen LogP contribution in [0.25, 0.3) is 77.9 Å². The summed E-state index contributed by atoms with van der Waals surface area (Å²) in [6, 6.07) is 97.3. The number of anilines is 3. The third-order valence-corrected chi connectivity index (χ3v) is 16.5. The highest BCUT2D eigenvalue weighted by atomic mass is 15.1. The number of hydrogen-bond donors (Lipinski definition) is 0. The molecular weight excluding hydrogens is 879 g/mol. The number of rotatable bonds is 8. The van der Waals surface area contributed by atoms with Crippen LogP contribution in [0, 0.1) is 0 Å². The molecule has 346 valence electrons. The van der Waals surface area contributed by atoms with Crippen LogP contribution in [-0.4, -0.2) is 0 Å². The minimum Gasteiger partial charge on any atom is -0.310 e. The van der Waals surface area contributed by atoms with Gasteiger partial charge in [-0.05, 0) is 161 Å². The molecule has 0 heterocycles. The van der Waals surface area contributed by atoms with Crippen LogP contribution in [0.4, 0.5) is 17.1 Å². The molecule has 0 fully saturated rings. The average molecular weight is 932 g/mol. The van der Waals surface area contributed by atoms with Gasteiger partial charge in [0.05, 0.1) is 0 Å². The molecule has 3 aliphatic carbocycles. The van der Waals surface area contributed by atoms with Gasteiger partial charge >= 0.3 is 0 Å². The van der Waals surface area contributed by atoms with E-state index in [2.05, 4.69) is 280 Å². The molecular formula is C72H53N. The van der Waals surface area contributed by atoms with E-state index in [0.29, 0.717) is 0 Å². The van der Waals surface area contributed by atoms with Crippen molar-refractivity contribution in [3.63, 3.8) is 0 Å². The van der Waals surface area contributed by atoms with Gasteiger partial charge in [-0.2, -0.15) is 0 Å². The Balaban J connectivity index is 0.881. The van der Waals surface area contributed by atoms with Crippen LogP contribution in [-0.2, 0) is 17.3 Å². The lowest BCUT2D eigenvalue weighted by molar-refractivity contribution is 0.626. The van der Waals surface area contributed by atoms with Crippen LogP contribution in [0.15, 0.2) is 261 Å². The summed E-state index contributed by atoms with van der Waals surface area (Å²) in [6.45, 7) is 4.77. The quantitative estimate of drug-likeness (QED) is 0.147. The number of benzene rings is 11.